The highest BCUT2D eigenvalue weighted by Gasteiger charge is 2.44. The van der Waals surface area contributed by atoms with Crippen molar-refractivity contribution < 1.29 is 28.6 Å². The molecule has 1 heterocycles. The number of ether oxygens (including phenoxy) is 2. The van der Waals surface area contributed by atoms with E-state index in [1.54, 1.807) is 0 Å². The van der Waals surface area contributed by atoms with Crippen molar-refractivity contribution in [2.24, 2.45) is 5.92 Å². The first-order valence-electron chi connectivity index (χ1n) is 16.6. The summed E-state index contributed by atoms with van der Waals surface area (Å²) in [4.78, 5) is 29.5. The highest BCUT2D eigenvalue weighted by molar-refractivity contribution is 9.10. The van der Waals surface area contributed by atoms with E-state index in [0.717, 1.165) is 21.3 Å². The van der Waals surface area contributed by atoms with Crippen molar-refractivity contribution in [1.82, 2.24) is 4.90 Å². The molecule has 0 bridgehead atoms. The van der Waals surface area contributed by atoms with Crippen molar-refractivity contribution in [2.45, 2.75) is 44.1 Å². The van der Waals surface area contributed by atoms with E-state index >= 15 is 0 Å². The van der Waals surface area contributed by atoms with Gasteiger partial charge in [-0.15, -0.1) is 0 Å². The van der Waals surface area contributed by atoms with Crippen LogP contribution >= 0.6 is 15.9 Å². The lowest BCUT2D eigenvalue weighted by Gasteiger charge is -2.33. The SMILES string of the molecule is O=C1OCC(Cc2ccccc2)N1C(=O)C(CC[C@@H](O)c1ccc(F)cc1)[C@@H](Nc1ccccc1)c1ccc(Br)cc1OCc1ccccc1. The van der Waals surface area contributed by atoms with Gasteiger partial charge in [0.25, 0.3) is 0 Å². The number of hydrogen-bond donors (Lipinski definition) is 2. The lowest BCUT2D eigenvalue weighted by molar-refractivity contribution is -0.134. The minimum absolute atomic E-state index is 0.0743. The Balaban J connectivity index is 1.40. The Hall–Kier alpha value is -4.99. The first kappa shape index (κ1) is 34.9. The van der Waals surface area contributed by atoms with Crippen LogP contribution in [-0.2, 0) is 22.6 Å². The number of nitrogens with one attached hydrogen (secondary N) is 1. The summed E-state index contributed by atoms with van der Waals surface area (Å²) in [6.45, 7) is 0.368. The van der Waals surface area contributed by atoms with Crippen LogP contribution in [-0.4, -0.2) is 34.7 Å². The molecule has 1 aliphatic rings. The number of imide groups is 1. The molecule has 1 fully saturated rings. The number of carbonyl (C=O) groups is 2. The van der Waals surface area contributed by atoms with Gasteiger partial charge in [0.15, 0.2) is 0 Å². The Morgan fingerprint density at radius 1 is 0.880 bits per heavy atom. The van der Waals surface area contributed by atoms with E-state index < -0.39 is 41.9 Å². The number of rotatable bonds is 14. The maximum Gasteiger partial charge on any atom is 0.416 e. The fourth-order valence-electron chi connectivity index (χ4n) is 6.30. The van der Waals surface area contributed by atoms with Crippen molar-refractivity contribution in [1.29, 1.82) is 0 Å². The molecule has 50 heavy (non-hydrogen) atoms. The van der Waals surface area contributed by atoms with Gasteiger partial charge in [0, 0.05) is 15.7 Å². The van der Waals surface area contributed by atoms with Crippen LogP contribution in [0, 0.1) is 11.7 Å². The minimum Gasteiger partial charge on any atom is -0.489 e. The highest BCUT2D eigenvalue weighted by atomic mass is 79.9. The second-order valence-corrected chi connectivity index (χ2v) is 13.2. The van der Waals surface area contributed by atoms with Gasteiger partial charge >= 0.3 is 6.09 Å². The normalized spacial score (nSPS) is 15.9. The monoisotopic (exact) mass is 736 g/mol. The zero-order valence-corrected chi connectivity index (χ0v) is 28.9. The fourth-order valence-corrected chi connectivity index (χ4v) is 6.64. The van der Waals surface area contributed by atoms with Gasteiger partial charge in [-0.1, -0.05) is 113 Å². The lowest BCUT2D eigenvalue weighted by atomic mass is 9.85. The number of para-hydroxylation sites is 1. The van der Waals surface area contributed by atoms with E-state index in [4.69, 9.17) is 9.47 Å². The Labute approximate surface area is 299 Å². The Bertz CT molecular complexity index is 1860. The molecule has 0 aliphatic carbocycles. The highest BCUT2D eigenvalue weighted by Crippen LogP contribution is 2.40. The summed E-state index contributed by atoms with van der Waals surface area (Å²) in [5, 5.41) is 14.8. The molecule has 2 unspecified atom stereocenters. The van der Waals surface area contributed by atoms with Crippen LogP contribution < -0.4 is 10.1 Å². The molecule has 2 N–H and O–H groups in total. The Morgan fingerprint density at radius 2 is 1.52 bits per heavy atom. The summed E-state index contributed by atoms with van der Waals surface area (Å²) in [7, 11) is 0. The number of halogens is 2. The summed E-state index contributed by atoms with van der Waals surface area (Å²) < 4.78 is 26.4. The molecule has 7 nitrogen and oxygen atoms in total. The molecule has 0 spiro atoms. The van der Waals surface area contributed by atoms with Crippen LogP contribution in [0.15, 0.2) is 138 Å². The average Bonchev–Trinajstić information content (AvgIpc) is 3.50. The van der Waals surface area contributed by atoms with Crippen molar-refractivity contribution in [2.75, 3.05) is 11.9 Å². The second kappa shape index (κ2) is 16.6. The largest absolute Gasteiger partial charge is 0.489 e. The molecule has 0 aromatic heterocycles. The standard InChI is InChI=1S/C41H38BrFN2O5/c42-31-18-21-35(38(25-31)49-26-29-12-6-2-7-13-29)39(44-33-14-8-3-9-15-33)36(22-23-37(46)30-16-19-32(43)20-17-30)40(47)45-34(27-50-41(45)48)24-28-10-4-1-5-11-28/h1-21,25,34,36-37,39,44,46H,22-24,26-27H2/t34?,36?,37-,39+/m1/s1. The van der Waals surface area contributed by atoms with E-state index in [9.17, 15) is 19.1 Å². The summed E-state index contributed by atoms with van der Waals surface area (Å²) in [6.07, 6.45) is -0.901. The van der Waals surface area contributed by atoms with Gasteiger partial charge in [0.2, 0.25) is 5.91 Å². The van der Waals surface area contributed by atoms with Gasteiger partial charge in [-0.05, 0) is 72.4 Å². The van der Waals surface area contributed by atoms with Gasteiger partial charge in [0.05, 0.1) is 24.1 Å². The molecule has 6 rings (SSSR count). The van der Waals surface area contributed by atoms with Crippen molar-refractivity contribution in [3.63, 3.8) is 0 Å². The quantitative estimate of drug-likeness (QED) is 0.118. The molecular weight excluding hydrogens is 699 g/mol. The first-order valence-corrected chi connectivity index (χ1v) is 17.4. The molecule has 2 amide bonds. The van der Waals surface area contributed by atoms with Gasteiger partial charge in [-0.25, -0.2) is 14.1 Å². The van der Waals surface area contributed by atoms with E-state index in [2.05, 4.69) is 21.2 Å². The number of carbonyl (C=O) groups excluding carboxylic acids is 2. The van der Waals surface area contributed by atoms with Crippen molar-refractivity contribution in [3.05, 3.63) is 166 Å². The van der Waals surface area contributed by atoms with E-state index in [1.807, 2.05) is 109 Å². The number of anilines is 1. The van der Waals surface area contributed by atoms with E-state index in [1.165, 1.54) is 29.2 Å². The van der Waals surface area contributed by atoms with Gasteiger partial charge < -0.3 is 19.9 Å². The summed E-state index contributed by atoms with van der Waals surface area (Å²) in [5.74, 6) is -1.14. The molecule has 5 aromatic carbocycles. The second-order valence-electron chi connectivity index (χ2n) is 12.3. The molecule has 1 saturated heterocycles. The predicted octanol–water partition coefficient (Wildman–Crippen LogP) is 9.04. The van der Waals surface area contributed by atoms with Gasteiger partial charge in [0.1, 0.15) is 24.8 Å². The lowest BCUT2D eigenvalue weighted by Crippen LogP contribution is -2.46. The number of nitrogens with zero attached hydrogens (tertiary/aromatic N) is 1. The summed E-state index contributed by atoms with van der Waals surface area (Å²) >= 11 is 3.59. The third-order valence-corrected chi connectivity index (χ3v) is 9.38. The third kappa shape index (κ3) is 8.77. The van der Waals surface area contributed by atoms with Crippen LogP contribution in [0.5, 0.6) is 5.75 Å². The number of cyclic esters (lactones) is 1. The molecule has 0 radical (unpaired) electrons. The number of hydrogen-bond acceptors (Lipinski definition) is 6. The molecule has 5 aromatic rings. The van der Waals surface area contributed by atoms with Gasteiger partial charge in [-0.2, -0.15) is 0 Å². The minimum atomic E-state index is -0.979. The number of benzene rings is 5. The zero-order chi connectivity index (χ0) is 34.9. The maximum atomic E-state index is 14.9. The summed E-state index contributed by atoms with van der Waals surface area (Å²) in [5.41, 5.74) is 3.94. The van der Waals surface area contributed by atoms with Crippen molar-refractivity contribution >= 4 is 33.6 Å². The summed E-state index contributed by atoms with van der Waals surface area (Å²) in [6, 6.07) is 39.1. The van der Waals surface area contributed by atoms with Crippen LogP contribution in [0.25, 0.3) is 0 Å². The molecule has 256 valence electrons. The number of aliphatic hydroxyl groups excluding tert-OH is 1. The maximum absolute atomic E-state index is 14.9. The van der Waals surface area contributed by atoms with E-state index in [0.29, 0.717) is 29.9 Å². The van der Waals surface area contributed by atoms with Crippen LogP contribution in [0.1, 0.15) is 47.2 Å². The van der Waals surface area contributed by atoms with Crippen LogP contribution in [0.2, 0.25) is 0 Å². The molecule has 0 saturated carbocycles. The molecule has 9 heteroatoms. The Kier molecular flexibility index (Phi) is 11.6. The first-order chi connectivity index (χ1) is 24.4. The van der Waals surface area contributed by atoms with Gasteiger partial charge in [-0.3, -0.25) is 4.79 Å². The van der Waals surface area contributed by atoms with Crippen molar-refractivity contribution in [3.8, 4) is 5.75 Å². The average molecular weight is 738 g/mol. The molecular formula is C41H38BrFN2O5. The molecule has 4 atom stereocenters. The topological polar surface area (TPSA) is 88.1 Å². The Morgan fingerprint density at radius 3 is 2.20 bits per heavy atom. The predicted molar refractivity (Wildman–Crippen MR) is 194 cm³/mol. The fraction of sp³-hybridized carbons (Fsp3) is 0.220. The van der Waals surface area contributed by atoms with Crippen LogP contribution in [0.3, 0.4) is 0 Å². The number of amides is 2. The zero-order valence-electron chi connectivity index (χ0n) is 27.3. The smallest absolute Gasteiger partial charge is 0.416 e. The van der Waals surface area contributed by atoms with E-state index in [-0.39, 0.29) is 19.4 Å². The van der Waals surface area contributed by atoms with Crippen LogP contribution in [0.4, 0.5) is 14.9 Å². The number of aliphatic hydroxyl groups is 1. The molecule has 1 aliphatic heterocycles. The third-order valence-electron chi connectivity index (χ3n) is 8.88.